The molecule has 0 aliphatic heterocycles. The van der Waals surface area contributed by atoms with E-state index in [0.29, 0.717) is 12.1 Å². The number of hydrogen-bond acceptors (Lipinski definition) is 4. The van der Waals surface area contributed by atoms with E-state index in [1.165, 1.54) is 6.07 Å². The molecule has 0 unspecified atom stereocenters. The number of hydrogen-bond donors (Lipinski definition) is 2. The van der Waals surface area contributed by atoms with E-state index >= 15 is 0 Å². The summed E-state index contributed by atoms with van der Waals surface area (Å²) in [6.45, 7) is 3.01. The Morgan fingerprint density at radius 3 is 2.03 bits per heavy atom. The average molecular weight is 519 g/mol. The van der Waals surface area contributed by atoms with Crippen molar-refractivity contribution in [1.82, 2.24) is 4.72 Å². The zero-order chi connectivity index (χ0) is 25.2. The number of carbonyl (C=O) groups is 1. The van der Waals surface area contributed by atoms with Crippen LogP contribution in [0.5, 0.6) is 5.75 Å². The number of amides is 1. The van der Waals surface area contributed by atoms with Gasteiger partial charge in [0.15, 0.2) is 0 Å². The van der Waals surface area contributed by atoms with Gasteiger partial charge in [-0.05, 0) is 50.2 Å². The summed E-state index contributed by atoms with van der Waals surface area (Å²) in [5.74, 6) is -0.975. The van der Waals surface area contributed by atoms with E-state index in [2.05, 4.69) is 0 Å². The van der Waals surface area contributed by atoms with Crippen LogP contribution in [0.4, 0.5) is 32.0 Å². The summed E-state index contributed by atoms with van der Waals surface area (Å²) in [6.07, 6.45) is -10.2. The van der Waals surface area contributed by atoms with Crippen molar-refractivity contribution in [2.75, 3.05) is 11.9 Å². The highest BCUT2D eigenvalue weighted by molar-refractivity contribution is 7.89. The minimum absolute atomic E-state index is 0.0273. The van der Waals surface area contributed by atoms with Crippen molar-refractivity contribution in [3.63, 3.8) is 0 Å². The van der Waals surface area contributed by atoms with E-state index in [-0.39, 0.29) is 28.3 Å². The number of nitrogens with one attached hydrogen (secondary N) is 2. The molecule has 0 fully saturated rings. The maximum Gasteiger partial charge on any atom is 0.416 e. The van der Waals surface area contributed by atoms with Crippen LogP contribution >= 0.6 is 11.6 Å². The molecule has 14 heteroatoms. The van der Waals surface area contributed by atoms with Crippen LogP contribution in [0.25, 0.3) is 0 Å². The standard InChI is InChI=1S/C19H17ClF6N2O4S/c1-3-32-16-5-4-14(9-15(16)20)33(30,31)28-10(2)17(29)27-13-7-11(18(21,22)23)6-12(8-13)19(24,25)26/h4-10,28H,3H2,1-2H3,(H,27,29)/t10-/m0/s1. The summed E-state index contributed by atoms with van der Waals surface area (Å²) in [4.78, 5) is 12.0. The van der Waals surface area contributed by atoms with Crippen molar-refractivity contribution < 1.29 is 44.3 Å². The number of anilines is 1. The molecule has 0 spiro atoms. The van der Waals surface area contributed by atoms with Crippen LogP contribution < -0.4 is 14.8 Å². The summed E-state index contributed by atoms with van der Waals surface area (Å²) in [7, 11) is -4.32. The van der Waals surface area contributed by atoms with Crippen molar-refractivity contribution in [2.24, 2.45) is 0 Å². The largest absolute Gasteiger partial charge is 0.492 e. The normalized spacial score (nSPS) is 13.5. The smallest absolute Gasteiger partial charge is 0.416 e. The van der Waals surface area contributed by atoms with E-state index in [0.717, 1.165) is 19.1 Å². The molecule has 6 nitrogen and oxygen atoms in total. The zero-order valence-electron chi connectivity index (χ0n) is 16.9. The first-order valence-electron chi connectivity index (χ1n) is 9.09. The fourth-order valence-electron chi connectivity index (χ4n) is 2.55. The van der Waals surface area contributed by atoms with E-state index in [1.54, 1.807) is 6.92 Å². The molecule has 2 aromatic rings. The minimum Gasteiger partial charge on any atom is -0.492 e. The number of rotatable bonds is 7. The van der Waals surface area contributed by atoms with Crippen LogP contribution in [0, 0.1) is 0 Å². The van der Waals surface area contributed by atoms with Crippen molar-refractivity contribution in [2.45, 2.75) is 37.1 Å². The highest BCUT2D eigenvalue weighted by Crippen LogP contribution is 2.37. The van der Waals surface area contributed by atoms with Gasteiger partial charge < -0.3 is 10.1 Å². The van der Waals surface area contributed by atoms with Crippen molar-refractivity contribution in [3.05, 3.63) is 52.5 Å². The molecular weight excluding hydrogens is 502 g/mol. The Kier molecular flexibility index (Phi) is 7.92. The van der Waals surface area contributed by atoms with Gasteiger partial charge in [-0.2, -0.15) is 31.1 Å². The first kappa shape index (κ1) is 26.7. The van der Waals surface area contributed by atoms with Crippen LogP contribution in [-0.2, 0) is 27.2 Å². The molecule has 2 rings (SSSR count). The Bertz CT molecular complexity index is 1100. The van der Waals surface area contributed by atoms with Gasteiger partial charge in [-0.25, -0.2) is 8.42 Å². The van der Waals surface area contributed by atoms with Crippen molar-refractivity contribution in [1.29, 1.82) is 0 Å². The summed E-state index contributed by atoms with van der Waals surface area (Å²) >= 11 is 5.94. The van der Waals surface area contributed by atoms with E-state index < -0.39 is 51.1 Å². The number of halogens is 7. The topological polar surface area (TPSA) is 84.5 Å². The zero-order valence-corrected chi connectivity index (χ0v) is 18.5. The number of carbonyl (C=O) groups excluding carboxylic acids is 1. The molecule has 0 aromatic heterocycles. The molecule has 1 atom stereocenters. The molecular formula is C19H17ClF6N2O4S. The summed E-state index contributed by atoms with van der Waals surface area (Å²) in [5, 5.41) is 1.84. The second-order valence-electron chi connectivity index (χ2n) is 6.65. The van der Waals surface area contributed by atoms with Crippen molar-refractivity contribution >= 4 is 33.2 Å². The fraction of sp³-hybridized carbons (Fsp3) is 0.316. The molecule has 0 bridgehead atoms. The Morgan fingerprint density at radius 2 is 1.58 bits per heavy atom. The first-order chi connectivity index (χ1) is 15.0. The lowest BCUT2D eigenvalue weighted by atomic mass is 10.1. The molecule has 2 N–H and O–H groups in total. The van der Waals surface area contributed by atoms with Gasteiger partial charge in [0.25, 0.3) is 0 Å². The third kappa shape index (κ3) is 6.98. The minimum atomic E-state index is -5.11. The van der Waals surface area contributed by atoms with Gasteiger partial charge in [-0.3, -0.25) is 4.79 Å². The maximum atomic E-state index is 13.0. The van der Waals surface area contributed by atoms with Gasteiger partial charge in [0, 0.05) is 5.69 Å². The Balaban J connectivity index is 2.24. The SMILES string of the molecule is CCOc1ccc(S(=O)(=O)N[C@@H](C)C(=O)Nc2cc(C(F)(F)F)cc(C(F)(F)F)c2)cc1Cl. The number of ether oxygens (including phenoxy) is 1. The molecule has 0 saturated carbocycles. The van der Waals surface area contributed by atoms with Gasteiger partial charge in [0.1, 0.15) is 5.75 Å². The van der Waals surface area contributed by atoms with Crippen LogP contribution in [0.2, 0.25) is 5.02 Å². The highest BCUT2D eigenvalue weighted by Gasteiger charge is 2.37. The predicted octanol–water partition coefficient (Wildman–Crippen LogP) is 5.08. The lowest BCUT2D eigenvalue weighted by Gasteiger charge is -2.17. The van der Waals surface area contributed by atoms with Gasteiger partial charge in [-0.15, -0.1) is 0 Å². The van der Waals surface area contributed by atoms with Crippen LogP contribution in [0.15, 0.2) is 41.3 Å². The maximum absolute atomic E-state index is 13.0. The molecule has 0 aliphatic carbocycles. The molecule has 0 saturated heterocycles. The summed E-state index contributed by atoms with van der Waals surface area (Å²) in [5.41, 5.74) is -4.08. The Hall–Kier alpha value is -2.51. The third-order valence-corrected chi connectivity index (χ3v) is 5.93. The highest BCUT2D eigenvalue weighted by atomic mass is 35.5. The van der Waals surface area contributed by atoms with Crippen LogP contribution in [-0.4, -0.2) is 27.0 Å². The lowest BCUT2D eigenvalue weighted by Crippen LogP contribution is -2.41. The number of sulfonamides is 1. The van der Waals surface area contributed by atoms with E-state index in [9.17, 15) is 39.6 Å². The molecule has 2 aromatic carbocycles. The van der Waals surface area contributed by atoms with Crippen LogP contribution in [0.1, 0.15) is 25.0 Å². The third-order valence-electron chi connectivity index (χ3n) is 4.09. The Morgan fingerprint density at radius 1 is 1.03 bits per heavy atom. The van der Waals surface area contributed by atoms with Crippen molar-refractivity contribution in [3.8, 4) is 5.75 Å². The summed E-state index contributed by atoms with van der Waals surface area (Å²) in [6, 6.07) is 2.43. The quantitative estimate of drug-likeness (QED) is 0.501. The Labute approximate surface area is 189 Å². The average Bonchev–Trinajstić information content (AvgIpc) is 2.67. The number of alkyl halides is 6. The first-order valence-corrected chi connectivity index (χ1v) is 11.0. The molecule has 1 amide bonds. The second-order valence-corrected chi connectivity index (χ2v) is 8.77. The van der Waals surface area contributed by atoms with E-state index in [1.807, 2.05) is 10.0 Å². The fourth-order valence-corrected chi connectivity index (χ4v) is 4.08. The van der Waals surface area contributed by atoms with Gasteiger partial charge in [0.05, 0.1) is 33.7 Å². The van der Waals surface area contributed by atoms with Gasteiger partial charge in [0.2, 0.25) is 15.9 Å². The monoisotopic (exact) mass is 518 g/mol. The van der Waals surface area contributed by atoms with Gasteiger partial charge >= 0.3 is 12.4 Å². The molecule has 182 valence electrons. The summed E-state index contributed by atoms with van der Waals surface area (Å²) < 4.78 is 110. The molecule has 33 heavy (non-hydrogen) atoms. The molecule has 0 radical (unpaired) electrons. The van der Waals surface area contributed by atoms with E-state index in [4.69, 9.17) is 16.3 Å². The van der Waals surface area contributed by atoms with Gasteiger partial charge in [-0.1, -0.05) is 11.6 Å². The molecule has 0 heterocycles. The molecule has 0 aliphatic rings. The predicted molar refractivity (Wildman–Crippen MR) is 107 cm³/mol. The lowest BCUT2D eigenvalue weighted by molar-refractivity contribution is -0.143. The second kappa shape index (κ2) is 9.77. The van der Waals surface area contributed by atoms with Crippen LogP contribution in [0.3, 0.4) is 0 Å². The number of benzene rings is 2.